The van der Waals surface area contributed by atoms with Crippen molar-refractivity contribution in [3.63, 3.8) is 0 Å². The van der Waals surface area contributed by atoms with Gasteiger partial charge in [-0.3, -0.25) is 9.59 Å². The molecule has 0 aromatic rings. The van der Waals surface area contributed by atoms with E-state index in [1.165, 1.54) is 0 Å². The number of nitrogens with two attached hydrogens (primary N) is 1. The lowest BCUT2D eigenvalue weighted by Crippen LogP contribution is -2.48. The zero-order valence-electron chi connectivity index (χ0n) is 13.7. The summed E-state index contributed by atoms with van der Waals surface area (Å²) in [5.74, 6) is 0.405. The molecule has 0 saturated carbocycles. The standard InChI is InChI=1S/C15H29N3O2.ClH/c1-5-12(4)13(16)15(20)18-8-6-7-17(9-10-18)14(19)11(2)3;/h11-13H,5-10,16H2,1-4H3;1H. The molecule has 1 heterocycles. The average molecular weight is 320 g/mol. The van der Waals surface area contributed by atoms with Gasteiger partial charge in [0, 0.05) is 32.1 Å². The van der Waals surface area contributed by atoms with E-state index in [2.05, 4.69) is 0 Å². The van der Waals surface area contributed by atoms with E-state index < -0.39 is 6.04 Å². The third-order valence-electron chi connectivity index (χ3n) is 4.16. The summed E-state index contributed by atoms with van der Waals surface area (Å²) in [7, 11) is 0. The van der Waals surface area contributed by atoms with Crippen LogP contribution in [0.3, 0.4) is 0 Å². The second kappa shape index (κ2) is 9.26. The van der Waals surface area contributed by atoms with Crippen molar-refractivity contribution in [2.45, 2.75) is 46.6 Å². The molecule has 1 aliphatic heterocycles. The molecular weight excluding hydrogens is 290 g/mol. The fourth-order valence-corrected chi connectivity index (χ4v) is 2.43. The van der Waals surface area contributed by atoms with E-state index in [9.17, 15) is 9.59 Å². The molecule has 1 rings (SSSR count). The monoisotopic (exact) mass is 319 g/mol. The predicted octanol–water partition coefficient (Wildman–Crippen LogP) is 1.50. The van der Waals surface area contributed by atoms with Crippen LogP contribution < -0.4 is 5.73 Å². The summed E-state index contributed by atoms with van der Waals surface area (Å²) < 4.78 is 0. The van der Waals surface area contributed by atoms with Crippen LogP contribution in [0, 0.1) is 11.8 Å². The summed E-state index contributed by atoms with van der Waals surface area (Å²) in [6, 6.07) is -0.424. The maximum absolute atomic E-state index is 12.4. The highest BCUT2D eigenvalue weighted by Gasteiger charge is 2.28. The Kier molecular flexibility index (Phi) is 8.90. The first-order chi connectivity index (χ1) is 9.38. The first kappa shape index (κ1) is 20.2. The van der Waals surface area contributed by atoms with Crippen molar-refractivity contribution >= 4 is 24.2 Å². The number of halogens is 1. The Morgan fingerprint density at radius 1 is 1.00 bits per heavy atom. The molecular formula is C15H30ClN3O2. The molecule has 0 aromatic carbocycles. The molecule has 1 saturated heterocycles. The highest BCUT2D eigenvalue weighted by atomic mass is 35.5. The molecule has 0 bridgehead atoms. The van der Waals surface area contributed by atoms with E-state index in [4.69, 9.17) is 5.73 Å². The Labute approximate surface area is 134 Å². The Bertz CT molecular complexity index is 350. The van der Waals surface area contributed by atoms with Gasteiger partial charge in [-0.15, -0.1) is 12.4 Å². The van der Waals surface area contributed by atoms with Crippen LogP contribution in [-0.4, -0.2) is 53.8 Å². The first-order valence-corrected chi connectivity index (χ1v) is 7.71. The van der Waals surface area contributed by atoms with Gasteiger partial charge in [0.2, 0.25) is 11.8 Å². The topological polar surface area (TPSA) is 66.6 Å². The predicted molar refractivity (Wildman–Crippen MR) is 87.3 cm³/mol. The smallest absolute Gasteiger partial charge is 0.239 e. The van der Waals surface area contributed by atoms with Gasteiger partial charge in [-0.2, -0.15) is 0 Å². The third kappa shape index (κ3) is 5.47. The number of hydrogen-bond donors (Lipinski definition) is 1. The van der Waals surface area contributed by atoms with Crippen molar-refractivity contribution in [1.82, 2.24) is 9.80 Å². The summed E-state index contributed by atoms with van der Waals surface area (Å²) in [6.07, 6.45) is 1.73. The van der Waals surface area contributed by atoms with E-state index in [0.717, 1.165) is 19.4 Å². The largest absolute Gasteiger partial charge is 0.341 e. The Balaban J connectivity index is 0.00000400. The van der Waals surface area contributed by atoms with Crippen LogP contribution >= 0.6 is 12.4 Å². The van der Waals surface area contributed by atoms with Gasteiger partial charge in [-0.05, 0) is 12.3 Å². The highest BCUT2D eigenvalue weighted by Crippen LogP contribution is 2.12. The van der Waals surface area contributed by atoms with Crippen molar-refractivity contribution in [3.05, 3.63) is 0 Å². The Hall–Kier alpha value is -0.810. The summed E-state index contributed by atoms with van der Waals surface area (Å²) >= 11 is 0. The van der Waals surface area contributed by atoms with Gasteiger partial charge in [0.1, 0.15) is 0 Å². The molecule has 1 aliphatic rings. The van der Waals surface area contributed by atoms with Crippen molar-refractivity contribution in [1.29, 1.82) is 0 Å². The first-order valence-electron chi connectivity index (χ1n) is 7.71. The zero-order valence-corrected chi connectivity index (χ0v) is 14.5. The number of carbonyl (C=O) groups is 2. The molecule has 21 heavy (non-hydrogen) atoms. The molecule has 0 spiro atoms. The van der Waals surface area contributed by atoms with Crippen LogP contribution in [-0.2, 0) is 9.59 Å². The molecule has 2 unspecified atom stereocenters. The summed E-state index contributed by atoms with van der Waals surface area (Å²) in [4.78, 5) is 28.1. The maximum atomic E-state index is 12.4. The number of rotatable bonds is 4. The molecule has 2 amide bonds. The fourth-order valence-electron chi connectivity index (χ4n) is 2.43. The van der Waals surface area contributed by atoms with Crippen molar-refractivity contribution in [3.8, 4) is 0 Å². The Morgan fingerprint density at radius 3 is 1.90 bits per heavy atom. The lowest BCUT2D eigenvalue weighted by Gasteiger charge is -2.27. The SMILES string of the molecule is CCC(C)C(N)C(=O)N1CCCN(C(=O)C(C)C)CC1.Cl. The lowest BCUT2D eigenvalue weighted by molar-refractivity contribution is -0.136. The van der Waals surface area contributed by atoms with Gasteiger partial charge < -0.3 is 15.5 Å². The quantitative estimate of drug-likeness (QED) is 0.854. The molecule has 0 aliphatic carbocycles. The van der Waals surface area contributed by atoms with Gasteiger partial charge in [0.25, 0.3) is 0 Å². The summed E-state index contributed by atoms with van der Waals surface area (Å²) in [6.45, 7) is 10.5. The maximum Gasteiger partial charge on any atom is 0.239 e. The van der Waals surface area contributed by atoms with E-state index in [-0.39, 0.29) is 36.1 Å². The van der Waals surface area contributed by atoms with Crippen molar-refractivity contribution < 1.29 is 9.59 Å². The van der Waals surface area contributed by atoms with Crippen LogP contribution in [0.15, 0.2) is 0 Å². The van der Waals surface area contributed by atoms with Crippen LogP contribution in [0.5, 0.6) is 0 Å². The van der Waals surface area contributed by atoms with Crippen molar-refractivity contribution in [2.24, 2.45) is 17.6 Å². The van der Waals surface area contributed by atoms with Crippen LogP contribution in [0.2, 0.25) is 0 Å². The van der Waals surface area contributed by atoms with E-state index in [1.54, 1.807) is 0 Å². The second-order valence-corrected chi connectivity index (χ2v) is 6.07. The number of hydrogen-bond acceptors (Lipinski definition) is 3. The summed E-state index contributed by atoms with van der Waals surface area (Å²) in [5, 5.41) is 0. The van der Waals surface area contributed by atoms with Gasteiger partial charge >= 0.3 is 0 Å². The number of carbonyl (C=O) groups excluding carboxylic acids is 2. The van der Waals surface area contributed by atoms with Gasteiger partial charge in [0.15, 0.2) is 0 Å². The third-order valence-corrected chi connectivity index (χ3v) is 4.16. The van der Waals surface area contributed by atoms with Gasteiger partial charge in [-0.1, -0.05) is 34.1 Å². The lowest BCUT2D eigenvalue weighted by atomic mass is 9.99. The van der Waals surface area contributed by atoms with E-state index in [0.29, 0.717) is 19.6 Å². The molecule has 0 aromatic heterocycles. The minimum absolute atomic E-state index is 0. The molecule has 0 radical (unpaired) electrons. The van der Waals surface area contributed by atoms with Gasteiger partial charge in [0.05, 0.1) is 6.04 Å². The van der Waals surface area contributed by atoms with Crippen LogP contribution in [0.25, 0.3) is 0 Å². The van der Waals surface area contributed by atoms with Gasteiger partial charge in [-0.25, -0.2) is 0 Å². The highest BCUT2D eigenvalue weighted by molar-refractivity contribution is 5.85. The molecule has 6 heteroatoms. The normalized spacial score (nSPS) is 18.8. The average Bonchev–Trinajstić information content (AvgIpc) is 2.69. The van der Waals surface area contributed by atoms with E-state index >= 15 is 0 Å². The van der Waals surface area contributed by atoms with E-state index in [1.807, 2.05) is 37.5 Å². The second-order valence-electron chi connectivity index (χ2n) is 6.07. The van der Waals surface area contributed by atoms with Crippen LogP contribution in [0.4, 0.5) is 0 Å². The number of amides is 2. The molecule has 1 fully saturated rings. The minimum Gasteiger partial charge on any atom is -0.341 e. The summed E-state index contributed by atoms with van der Waals surface area (Å²) in [5.41, 5.74) is 6.02. The zero-order chi connectivity index (χ0) is 15.3. The molecule has 2 atom stereocenters. The fraction of sp³-hybridized carbons (Fsp3) is 0.867. The Morgan fingerprint density at radius 2 is 1.48 bits per heavy atom. The number of nitrogens with zero attached hydrogens (tertiary/aromatic N) is 2. The molecule has 2 N–H and O–H groups in total. The minimum atomic E-state index is -0.424. The van der Waals surface area contributed by atoms with Crippen molar-refractivity contribution in [2.75, 3.05) is 26.2 Å². The molecule has 124 valence electrons. The molecule has 5 nitrogen and oxygen atoms in total. The van der Waals surface area contributed by atoms with Crippen LogP contribution in [0.1, 0.15) is 40.5 Å².